The van der Waals surface area contributed by atoms with Crippen molar-refractivity contribution in [3.05, 3.63) is 83.2 Å². The van der Waals surface area contributed by atoms with Crippen LogP contribution >= 0.6 is 0 Å². The molecule has 1 aromatic heterocycles. The SMILES string of the molecule is Cc1ccc(C(=O)Nc2cccc(Cn3cccn3)c2)c(C)c1. The molecule has 0 radical (unpaired) electrons. The van der Waals surface area contributed by atoms with Crippen LogP contribution in [-0.4, -0.2) is 15.7 Å². The molecule has 1 amide bonds. The molecule has 4 heteroatoms. The van der Waals surface area contributed by atoms with Crippen molar-refractivity contribution in [2.75, 3.05) is 5.32 Å². The molecule has 0 bridgehead atoms. The molecule has 0 saturated heterocycles. The molecular weight excluding hydrogens is 286 g/mol. The highest BCUT2D eigenvalue weighted by Crippen LogP contribution is 2.16. The second kappa shape index (κ2) is 6.48. The number of amides is 1. The molecule has 0 fully saturated rings. The van der Waals surface area contributed by atoms with Crippen LogP contribution in [0.5, 0.6) is 0 Å². The summed E-state index contributed by atoms with van der Waals surface area (Å²) in [6, 6.07) is 15.6. The van der Waals surface area contributed by atoms with E-state index < -0.39 is 0 Å². The molecule has 0 spiro atoms. The van der Waals surface area contributed by atoms with Gasteiger partial charge in [0.1, 0.15) is 0 Å². The fourth-order valence-electron chi connectivity index (χ4n) is 2.60. The van der Waals surface area contributed by atoms with Gasteiger partial charge < -0.3 is 5.32 Å². The number of carbonyl (C=O) groups is 1. The summed E-state index contributed by atoms with van der Waals surface area (Å²) < 4.78 is 1.85. The number of aromatic nitrogens is 2. The number of benzene rings is 2. The Morgan fingerprint density at radius 3 is 2.74 bits per heavy atom. The van der Waals surface area contributed by atoms with Gasteiger partial charge in [-0.3, -0.25) is 9.48 Å². The van der Waals surface area contributed by atoms with E-state index in [0.717, 1.165) is 22.4 Å². The standard InChI is InChI=1S/C19H19N3O/c1-14-7-8-18(15(2)11-14)19(23)21-17-6-3-5-16(12-17)13-22-10-4-9-20-22/h3-12H,13H2,1-2H3,(H,21,23). The first kappa shape index (κ1) is 15.0. The summed E-state index contributed by atoms with van der Waals surface area (Å²) >= 11 is 0. The first-order valence-corrected chi connectivity index (χ1v) is 7.57. The lowest BCUT2D eigenvalue weighted by Gasteiger charge is -2.10. The van der Waals surface area contributed by atoms with Crippen LogP contribution in [0.2, 0.25) is 0 Å². The van der Waals surface area contributed by atoms with Gasteiger partial charge in [-0.2, -0.15) is 5.10 Å². The minimum absolute atomic E-state index is 0.0845. The van der Waals surface area contributed by atoms with Crippen LogP contribution in [0.3, 0.4) is 0 Å². The summed E-state index contributed by atoms with van der Waals surface area (Å²) in [6.07, 6.45) is 3.67. The van der Waals surface area contributed by atoms with Crippen LogP contribution in [-0.2, 0) is 6.54 Å². The van der Waals surface area contributed by atoms with Gasteiger partial charge in [0.25, 0.3) is 5.91 Å². The topological polar surface area (TPSA) is 46.9 Å². The van der Waals surface area contributed by atoms with E-state index in [1.165, 1.54) is 0 Å². The lowest BCUT2D eigenvalue weighted by atomic mass is 10.1. The number of hydrogen-bond donors (Lipinski definition) is 1. The molecule has 2 aromatic carbocycles. The third-order valence-electron chi connectivity index (χ3n) is 3.72. The van der Waals surface area contributed by atoms with Gasteiger partial charge in [0.15, 0.2) is 0 Å². The number of nitrogens with zero attached hydrogens (tertiary/aromatic N) is 2. The van der Waals surface area contributed by atoms with E-state index in [-0.39, 0.29) is 5.91 Å². The maximum Gasteiger partial charge on any atom is 0.255 e. The van der Waals surface area contributed by atoms with Gasteiger partial charge in [-0.25, -0.2) is 0 Å². The van der Waals surface area contributed by atoms with Gasteiger partial charge in [0.05, 0.1) is 6.54 Å². The van der Waals surface area contributed by atoms with E-state index in [2.05, 4.69) is 10.4 Å². The molecule has 0 aliphatic carbocycles. The smallest absolute Gasteiger partial charge is 0.255 e. The maximum atomic E-state index is 12.4. The minimum Gasteiger partial charge on any atom is -0.322 e. The Balaban J connectivity index is 1.76. The first-order valence-electron chi connectivity index (χ1n) is 7.57. The quantitative estimate of drug-likeness (QED) is 0.797. The fraction of sp³-hybridized carbons (Fsp3) is 0.158. The van der Waals surface area contributed by atoms with Crippen LogP contribution in [0.25, 0.3) is 0 Å². The number of aryl methyl sites for hydroxylation is 2. The molecule has 3 aromatic rings. The van der Waals surface area contributed by atoms with Crippen molar-refractivity contribution in [2.45, 2.75) is 20.4 Å². The van der Waals surface area contributed by atoms with Gasteiger partial charge >= 0.3 is 0 Å². The zero-order valence-electron chi connectivity index (χ0n) is 13.3. The van der Waals surface area contributed by atoms with Crippen LogP contribution in [0.1, 0.15) is 27.0 Å². The number of hydrogen-bond acceptors (Lipinski definition) is 2. The summed E-state index contributed by atoms with van der Waals surface area (Å²) in [5.74, 6) is -0.0845. The highest BCUT2D eigenvalue weighted by Gasteiger charge is 2.09. The summed E-state index contributed by atoms with van der Waals surface area (Å²) in [6.45, 7) is 4.66. The number of carbonyl (C=O) groups excluding carboxylic acids is 1. The van der Waals surface area contributed by atoms with Crippen molar-refractivity contribution in [2.24, 2.45) is 0 Å². The molecule has 1 heterocycles. The normalized spacial score (nSPS) is 10.5. The second-order valence-corrected chi connectivity index (χ2v) is 5.68. The van der Waals surface area contributed by atoms with Crippen LogP contribution < -0.4 is 5.32 Å². The number of rotatable bonds is 4. The van der Waals surface area contributed by atoms with E-state index in [1.807, 2.05) is 73.3 Å². The molecule has 3 rings (SSSR count). The van der Waals surface area contributed by atoms with Gasteiger partial charge in [-0.15, -0.1) is 0 Å². The van der Waals surface area contributed by atoms with Gasteiger partial charge in [0.2, 0.25) is 0 Å². The molecule has 4 nitrogen and oxygen atoms in total. The highest BCUT2D eigenvalue weighted by molar-refractivity contribution is 6.05. The van der Waals surface area contributed by atoms with Crippen LogP contribution in [0, 0.1) is 13.8 Å². The first-order chi connectivity index (χ1) is 11.1. The lowest BCUT2D eigenvalue weighted by Crippen LogP contribution is -2.13. The minimum atomic E-state index is -0.0845. The highest BCUT2D eigenvalue weighted by atomic mass is 16.1. The molecule has 116 valence electrons. The maximum absolute atomic E-state index is 12.4. The van der Waals surface area contributed by atoms with E-state index >= 15 is 0 Å². The Hall–Kier alpha value is -2.88. The molecule has 0 atom stereocenters. The summed E-state index contributed by atoms with van der Waals surface area (Å²) in [4.78, 5) is 12.4. The monoisotopic (exact) mass is 305 g/mol. The predicted octanol–water partition coefficient (Wildman–Crippen LogP) is 3.80. The zero-order valence-corrected chi connectivity index (χ0v) is 13.3. The Morgan fingerprint density at radius 2 is 2.00 bits per heavy atom. The van der Waals surface area contributed by atoms with Gasteiger partial charge in [0, 0.05) is 23.6 Å². The Bertz CT molecular complexity index is 822. The van der Waals surface area contributed by atoms with Crippen molar-refractivity contribution in [1.29, 1.82) is 0 Å². The molecule has 0 aliphatic heterocycles. The van der Waals surface area contributed by atoms with Crippen molar-refractivity contribution >= 4 is 11.6 Å². The van der Waals surface area contributed by atoms with E-state index in [1.54, 1.807) is 6.20 Å². The molecule has 0 aliphatic rings. The average molecular weight is 305 g/mol. The largest absolute Gasteiger partial charge is 0.322 e. The summed E-state index contributed by atoms with van der Waals surface area (Å²) in [5, 5.41) is 7.17. The summed E-state index contributed by atoms with van der Waals surface area (Å²) in [7, 11) is 0. The van der Waals surface area contributed by atoms with Gasteiger partial charge in [-0.05, 0) is 49.2 Å². The zero-order chi connectivity index (χ0) is 16.2. The van der Waals surface area contributed by atoms with Crippen molar-refractivity contribution in [3.8, 4) is 0 Å². The number of anilines is 1. The van der Waals surface area contributed by atoms with Crippen molar-refractivity contribution in [3.63, 3.8) is 0 Å². The third kappa shape index (κ3) is 3.66. The lowest BCUT2D eigenvalue weighted by molar-refractivity contribution is 0.102. The van der Waals surface area contributed by atoms with E-state index in [4.69, 9.17) is 0 Å². The Labute approximate surface area is 135 Å². The van der Waals surface area contributed by atoms with Crippen molar-refractivity contribution < 1.29 is 4.79 Å². The predicted molar refractivity (Wildman–Crippen MR) is 91.6 cm³/mol. The molecule has 23 heavy (non-hydrogen) atoms. The Kier molecular flexibility index (Phi) is 4.24. The van der Waals surface area contributed by atoms with Crippen LogP contribution in [0.4, 0.5) is 5.69 Å². The fourth-order valence-corrected chi connectivity index (χ4v) is 2.60. The van der Waals surface area contributed by atoms with Gasteiger partial charge in [-0.1, -0.05) is 29.8 Å². The van der Waals surface area contributed by atoms with Crippen molar-refractivity contribution in [1.82, 2.24) is 9.78 Å². The van der Waals surface area contributed by atoms with Crippen LogP contribution in [0.15, 0.2) is 60.9 Å². The molecular formula is C19H19N3O. The second-order valence-electron chi connectivity index (χ2n) is 5.68. The molecule has 0 saturated carbocycles. The molecule has 0 unspecified atom stereocenters. The Morgan fingerprint density at radius 1 is 1.13 bits per heavy atom. The third-order valence-corrected chi connectivity index (χ3v) is 3.72. The molecule has 1 N–H and O–H groups in total. The summed E-state index contributed by atoms with van der Waals surface area (Å²) in [5.41, 5.74) is 4.72. The number of nitrogens with one attached hydrogen (secondary N) is 1. The van der Waals surface area contributed by atoms with E-state index in [0.29, 0.717) is 12.1 Å². The average Bonchev–Trinajstić information content (AvgIpc) is 3.00. The van der Waals surface area contributed by atoms with E-state index in [9.17, 15) is 4.79 Å².